The lowest BCUT2D eigenvalue weighted by Crippen LogP contribution is -3.05. The molecule has 0 aromatic heterocycles. The van der Waals surface area contributed by atoms with Crippen molar-refractivity contribution in [2.45, 2.75) is 0 Å². The van der Waals surface area contributed by atoms with Gasteiger partial charge in [-0.2, -0.15) is 0 Å². The number of hydrogen-bond donors (Lipinski definition) is 1. The fraction of sp³-hybridized carbons (Fsp3) is 0.0667. The molecule has 4 nitrogen and oxygen atoms in total. The van der Waals surface area contributed by atoms with E-state index in [9.17, 15) is 10.0 Å². The summed E-state index contributed by atoms with van der Waals surface area (Å²) in [7, 11) is 0. The summed E-state index contributed by atoms with van der Waals surface area (Å²) < 4.78 is 0. The van der Waals surface area contributed by atoms with Crippen molar-refractivity contribution >= 4 is 28.9 Å². The van der Waals surface area contributed by atoms with E-state index < -0.39 is 11.0 Å². The van der Waals surface area contributed by atoms with Crippen LogP contribution in [0.3, 0.4) is 0 Å². The van der Waals surface area contributed by atoms with Crippen LogP contribution in [0.25, 0.3) is 0 Å². The molecule has 0 bridgehead atoms. The zero-order chi connectivity index (χ0) is 14.1. The van der Waals surface area contributed by atoms with E-state index in [4.69, 9.17) is 11.6 Å². The highest BCUT2D eigenvalue weighted by Crippen LogP contribution is 2.23. The second-order valence-electron chi connectivity index (χ2n) is 4.47. The highest BCUT2D eigenvalue weighted by Gasteiger charge is 2.25. The fourth-order valence-electron chi connectivity index (χ4n) is 2.21. The van der Waals surface area contributed by atoms with Gasteiger partial charge in [0.2, 0.25) is 0 Å². The Hall–Kier alpha value is -2.01. The predicted octanol–water partition coefficient (Wildman–Crippen LogP) is 1.73. The molecule has 1 N–H and O–H groups in total. The van der Waals surface area contributed by atoms with Crippen LogP contribution in [-0.2, 0) is 4.79 Å². The number of hydrogen-bond acceptors (Lipinski definition) is 3. The van der Waals surface area contributed by atoms with Crippen molar-refractivity contribution in [2.75, 3.05) is 6.54 Å². The van der Waals surface area contributed by atoms with Gasteiger partial charge in [-0.15, -0.1) is 0 Å². The number of nitrogens with zero attached hydrogens (tertiary/aromatic N) is 1. The van der Waals surface area contributed by atoms with Crippen LogP contribution in [0.1, 0.15) is 11.1 Å². The molecular weight excluding hydrogens is 276 g/mol. The van der Waals surface area contributed by atoms with Crippen molar-refractivity contribution in [3.63, 3.8) is 0 Å². The van der Waals surface area contributed by atoms with E-state index in [1.165, 1.54) is 0 Å². The van der Waals surface area contributed by atoms with Crippen LogP contribution in [0, 0.1) is 5.21 Å². The molecule has 1 amide bonds. The monoisotopic (exact) mass is 286 g/mol. The molecule has 1 unspecified atom stereocenters. The van der Waals surface area contributed by atoms with Crippen molar-refractivity contribution in [1.29, 1.82) is 0 Å². The summed E-state index contributed by atoms with van der Waals surface area (Å²) in [6, 6.07) is 14.3. The lowest BCUT2D eigenvalue weighted by atomic mass is 10.0. The average molecular weight is 287 g/mol. The Morgan fingerprint density at radius 1 is 1.15 bits per heavy atom. The highest BCUT2D eigenvalue weighted by molar-refractivity contribution is 6.31. The van der Waals surface area contributed by atoms with Gasteiger partial charge in [-0.3, -0.25) is 10.1 Å². The summed E-state index contributed by atoms with van der Waals surface area (Å²) in [4.78, 5) is 16.0. The van der Waals surface area contributed by atoms with E-state index in [2.05, 4.69) is 4.99 Å². The third-order valence-electron chi connectivity index (χ3n) is 3.16. The molecule has 5 heteroatoms. The normalized spacial score (nSPS) is 18.2. The first kappa shape index (κ1) is 13.0. The number of aliphatic imine (C=N–C) groups is 1. The Kier molecular flexibility index (Phi) is 3.36. The van der Waals surface area contributed by atoms with Gasteiger partial charge in [0.1, 0.15) is 5.69 Å². The number of hydroxylamine groups is 1. The molecule has 0 saturated heterocycles. The first-order valence-electron chi connectivity index (χ1n) is 6.14. The molecule has 1 aliphatic rings. The van der Waals surface area contributed by atoms with Gasteiger partial charge in [-0.25, -0.2) is 4.79 Å². The number of nitrogens with one attached hydrogen (secondary N) is 1. The van der Waals surface area contributed by atoms with E-state index >= 15 is 0 Å². The largest absolute Gasteiger partial charge is 0.621 e. The first-order valence-corrected chi connectivity index (χ1v) is 6.52. The maximum Gasteiger partial charge on any atom is 0.338 e. The first-order chi connectivity index (χ1) is 9.66. The van der Waals surface area contributed by atoms with E-state index in [1.54, 1.807) is 18.2 Å². The van der Waals surface area contributed by atoms with Crippen LogP contribution in [0.4, 0.5) is 5.69 Å². The van der Waals surface area contributed by atoms with Crippen molar-refractivity contribution in [3.8, 4) is 0 Å². The molecule has 1 heterocycles. The van der Waals surface area contributed by atoms with Crippen LogP contribution >= 0.6 is 11.6 Å². The molecule has 100 valence electrons. The van der Waals surface area contributed by atoms with Crippen molar-refractivity contribution in [3.05, 3.63) is 69.9 Å². The van der Waals surface area contributed by atoms with E-state index in [0.717, 1.165) is 5.56 Å². The second kappa shape index (κ2) is 5.17. The zero-order valence-corrected chi connectivity index (χ0v) is 11.2. The molecule has 0 fully saturated rings. The summed E-state index contributed by atoms with van der Waals surface area (Å²) in [6.07, 6.45) is 0. The number of quaternary nitrogens is 1. The van der Waals surface area contributed by atoms with E-state index in [-0.39, 0.29) is 6.54 Å². The summed E-state index contributed by atoms with van der Waals surface area (Å²) >= 11 is 6.02. The molecule has 0 aliphatic carbocycles. The molecule has 20 heavy (non-hydrogen) atoms. The van der Waals surface area contributed by atoms with Crippen molar-refractivity contribution < 1.29 is 9.86 Å². The van der Waals surface area contributed by atoms with Gasteiger partial charge >= 0.3 is 5.91 Å². The summed E-state index contributed by atoms with van der Waals surface area (Å²) in [5.74, 6) is -0.500. The minimum atomic E-state index is -0.508. The number of amides is 1. The lowest BCUT2D eigenvalue weighted by molar-refractivity contribution is -0.688. The standard InChI is InChI=1S/C15H11ClN2O2/c16-11-6-7-13-12(8-11)15(10-4-2-1-3-5-10)17-9-14(19)18(13)20/h1-8,18H,9H2. The third kappa shape index (κ3) is 2.25. The molecule has 3 rings (SSSR count). The van der Waals surface area contributed by atoms with Crippen molar-refractivity contribution in [1.82, 2.24) is 0 Å². The summed E-state index contributed by atoms with van der Waals surface area (Å²) in [5.41, 5.74) is 2.46. The number of rotatable bonds is 1. The van der Waals surface area contributed by atoms with Crippen LogP contribution in [0.2, 0.25) is 5.02 Å². The number of benzodiazepines with no additional fused rings is 1. The second-order valence-corrected chi connectivity index (χ2v) is 4.91. The number of benzene rings is 2. The molecule has 1 aliphatic heterocycles. The molecule has 0 spiro atoms. The zero-order valence-electron chi connectivity index (χ0n) is 10.5. The maximum atomic E-state index is 12.1. The summed E-state index contributed by atoms with van der Waals surface area (Å²) in [5, 5.41) is 12.1. The minimum absolute atomic E-state index is 0.130. The Balaban J connectivity index is 2.23. The molecular formula is C15H11ClN2O2. The Morgan fingerprint density at radius 2 is 1.90 bits per heavy atom. The predicted molar refractivity (Wildman–Crippen MR) is 77.4 cm³/mol. The van der Waals surface area contributed by atoms with Gasteiger partial charge in [0.25, 0.3) is 0 Å². The van der Waals surface area contributed by atoms with Crippen molar-refractivity contribution in [2.24, 2.45) is 4.99 Å². The van der Waals surface area contributed by atoms with Crippen LogP contribution in [0.15, 0.2) is 53.5 Å². The highest BCUT2D eigenvalue weighted by atomic mass is 35.5. The van der Waals surface area contributed by atoms with Gasteiger partial charge < -0.3 is 5.21 Å². The number of fused-ring (bicyclic) bond motifs is 1. The molecule has 0 radical (unpaired) electrons. The molecule has 2 aromatic rings. The SMILES string of the molecule is O=C1CN=C(c2ccccc2)c2cc(Cl)ccc2[NH+]1[O-]. The molecule has 0 saturated carbocycles. The fourth-order valence-corrected chi connectivity index (χ4v) is 2.38. The van der Waals surface area contributed by atoms with Crippen LogP contribution in [-0.4, -0.2) is 18.2 Å². The topological polar surface area (TPSA) is 56.9 Å². The third-order valence-corrected chi connectivity index (χ3v) is 3.40. The van der Waals surface area contributed by atoms with E-state index in [0.29, 0.717) is 22.0 Å². The molecule has 2 aromatic carbocycles. The number of carbonyl (C=O) groups excluding carboxylic acids is 1. The summed E-state index contributed by atoms with van der Waals surface area (Å²) in [6.45, 7) is -0.130. The van der Waals surface area contributed by atoms with Gasteiger partial charge in [0.15, 0.2) is 6.54 Å². The lowest BCUT2D eigenvalue weighted by Gasteiger charge is -2.19. The Bertz CT molecular complexity index is 698. The van der Waals surface area contributed by atoms with Crippen LogP contribution < -0.4 is 5.06 Å². The van der Waals surface area contributed by atoms with Gasteiger partial charge in [-0.05, 0) is 12.1 Å². The average Bonchev–Trinajstić information content (AvgIpc) is 2.58. The Labute approximate surface area is 120 Å². The Morgan fingerprint density at radius 3 is 2.65 bits per heavy atom. The smallest absolute Gasteiger partial charge is 0.338 e. The molecule has 1 atom stereocenters. The van der Waals surface area contributed by atoms with Gasteiger partial charge in [0, 0.05) is 16.7 Å². The minimum Gasteiger partial charge on any atom is -0.621 e. The van der Waals surface area contributed by atoms with Gasteiger partial charge in [0.05, 0.1) is 11.3 Å². The van der Waals surface area contributed by atoms with E-state index in [1.807, 2.05) is 30.3 Å². The quantitative estimate of drug-likeness (QED) is 0.812. The van der Waals surface area contributed by atoms with Gasteiger partial charge in [-0.1, -0.05) is 41.9 Å². The van der Waals surface area contributed by atoms with Crippen LogP contribution in [0.5, 0.6) is 0 Å². The number of carbonyl (C=O) groups is 1. The maximum absolute atomic E-state index is 12.1. The number of halogens is 1.